The van der Waals surface area contributed by atoms with Crippen LogP contribution in [0.2, 0.25) is 0 Å². The SMILES string of the molecule is Cc1ccc(CNC(=O)c2nc3nc(-c4ccco4)cc(C(F)(F)F)n3n2)cc1. The van der Waals surface area contributed by atoms with Crippen LogP contribution >= 0.6 is 0 Å². The zero-order valence-electron chi connectivity index (χ0n) is 15.1. The number of furan rings is 1. The van der Waals surface area contributed by atoms with Crippen molar-refractivity contribution in [2.45, 2.75) is 19.6 Å². The second-order valence-electron chi connectivity index (χ2n) is 6.32. The maximum absolute atomic E-state index is 13.5. The van der Waals surface area contributed by atoms with Crippen LogP contribution in [0.1, 0.15) is 27.4 Å². The van der Waals surface area contributed by atoms with E-state index >= 15 is 0 Å². The van der Waals surface area contributed by atoms with E-state index in [1.54, 1.807) is 0 Å². The number of nitrogens with one attached hydrogen (secondary N) is 1. The first kappa shape index (κ1) is 18.7. The molecular weight excluding hydrogens is 387 g/mol. The number of nitrogens with zero attached hydrogens (tertiary/aromatic N) is 4. The van der Waals surface area contributed by atoms with Gasteiger partial charge in [0.2, 0.25) is 5.82 Å². The van der Waals surface area contributed by atoms with Crippen LogP contribution < -0.4 is 5.32 Å². The molecule has 1 amide bonds. The third-order valence-electron chi connectivity index (χ3n) is 4.15. The molecule has 148 valence electrons. The average Bonchev–Trinajstić information content (AvgIpc) is 3.35. The first-order chi connectivity index (χ1) is 13.8. The summed E-state index contributed by atoms with van der Waals surface area (Å²) in [6, 6.07) is 11.3. The minimum absolute atomic E-state index is 0.0613. The molecule has 1 N–H and O–H groups in total. The van der Waals surface area contributed by atoms with Gasteiger partial charge in [-0.2, -0.15) is 22.7 Å². The number of carbonyl (C=O) groups is 1. The van der Waals surface area contributed by atoms with E-state index < -0.39 is 23.6 Å². The van der Waals surface area contributed by atoms with E-state index in [9.17, 15) is 18.0 Å². The van der Waals surface area contributed by atoms with Gasteiger partial charge in [-0.05, 0) is 30.7 Å². The number of fused-ring (bicyclic) bond motifs is 1. The molecule has 0 aliphatic rings. The van der Waals surface area contributed by atoms with Gasteiger partial charge in [0.05, 0.1) is 6.26 Å². The fraction of sp³-hybridized carbons (Fsp3) is 0.158. The molecule has 0 aliphatic carbocycles. The van der Waals surface area contributed by atoms with Gasteiger partial charge in [-0.25, -0.2) is 4.98 Å². The van der Waals surface area contributed by atoms with Crippen molar-refractivity contribution in [1.29, 1.82) is 0 Å². The quantitative estimate of drug-likeness (QED) is 0.564. The van der Waals surface area contributed by atoms with Gasteiger partial charge in [0.1, 0.15) is 5.69 Å². The first-order valence-electron chi connectivity index (χ1n) is 8.54. The topological polar surface area (TPSA) is 85.3 Å². The van der Waals surface area contributed by atoms with E-state index in [2.05, 4.69) is 20.4 Å². The number of rotatable bonds is 4. The Kier molecular flexibility index (Phi) is 4.53. The van der Waals surface area contributed by atoms with Gasteiger partial charge in [0.15, 0.2) is 11.5 Å². The van der Waals surface area contributed by atoms with Crippen LogP contribution in [0.15, 0.2) is 53.1 Å². The highest BCUT2D eigenvalue weighted by atomic mass is 19.4. The van der Waals surface area contributed by atoms with Crippen molar-refractivity contribution >= 4 is 11.7 Å². The lowest BCUT2D eigenvalue weighted by Crippen LogP contribution is -2.24. The zero-order chi connectivity index (χ0) is 20.6. The number of aromatic nitrogens is 4. The van der Waals surface area contributed by atoms with Crippen molar-refractivity contribution in [3.63, 3.8) is 0 Å². The number of aryl methyl sites for hydroxylation is 1. The molecule has 4 rings (SSSR count). The fourth-order valence-corrected chi connectivity index (χ4v) is 2.68. The highest BCUT2D eigenvalue weighted by molar-refractivity contribution is 5.90. The van der Waals surface area contributed by atoms with Gasteiger partial charge in [-0.15, -0.1) is 5.10 Å². The van der Waals surface area contributed by atoms with E-state index in [-0.39, 0.29) is 23.8 Å². The monoisotopic (exact) mass is 401 g/mol. The second-order valence-corrected chi connectivity index (χ2v) is 6.32. The average molecular weight is 401 g/mol. The summed E-state index contributed by atoms with van der Waals surface area (Å²) in [6.45, 7) is 2.12. The van der Waals surface area contributed by atoms with Gasteiger partial charge in [-0.1, -0.05) is 29.8 Å². The predicted molar refractivity (Wildman–Crippen MR) is 95.8 cm³/mol. The van der Waals surface area contributed by atoms with E-state index in [0.717, 1.165) is 17.2 Å². The fourth-order valence-electron chi connectivity index (χ4n) is 2.68. The number of hydrogen-bond donors (Lipinski definition) is 1. The maximum Gasteiger partial charge on any atom is 0.433 e. The summed E-state index contributed by atoms with van der Waals surface area (Å²) in [5.74, 6) is -1.33. The van der Waals surface area contributed by atoms with Crippen molar-refractivity contribution < 1.29 is 22.4 Å². The Labute approximate surface area is 162 Å². The normalized spacial score (nSPS) is 11.7. The van der Waals surface area contributed by atoms with E-state index in [1.165, 1.54) is 18.4 Å². The summed E-state index contributed by atoms with van der Waals surface area (Å²) in [5, 5.41) is 6.30. The summed E-state index contributed by atoms with van der Waals surface area (Å²) in [5.41, 5.74) is 0.731. The van der Waals surface area contributed by atoms with Crippen molar-refractivity contribution in [3.05, 3.63) is 71.4 Å². The summed E-state index contributed by atoms with van der Waals surface area (Å²) < 4.78 is 46.1. The van der Waals surface area contributed by atoms with E-state index in [0.29, 0.717) is 4.52 Å². The maximum atomic E-state index is 13.5. The molecule has 3 heterocycles. The van der Waals surface area contributed by atoms with Gasteiger partial charge < -0.3 is 9.73 Å². The van der Waals surface area contributed by atoms with E-state index in [4.69, 9.17) is 4.42 Å². The lowest BCUT2D eigenvalue weighted by molar-refractivity contribution is -0.142. The Morgan fingerprint density at radius 1 is 1.17 bits per heavy atom. The Morgan fingerprint density at radius 2 is 1.93 bits per heavy atom. The molecular formula is C19H14F3N5O2. The number of amides is 1. The van der Waals surface area contributed by atoms with Crippen LogP contribution in [-0.4, -0.2) is 25.5 Å². The molecule has 10 heteroatoms. The van der Waals surface area contributed by atoms with Crippen molar-refractivity contribution in [1.82, 2.24) is 24.9 Å². The largest absolute Gasteiger partial charge is 0.463 e. The minimum Gasteiger partial charge on any atom is -0.463 e. The Balaban J connectivity index is 1.67. The molecule has 3 aromatic heterocycles. The molecule has 0 aliphatic heterocycles. The number of halogens is 3. The number of hydrogen-bond acceptors (Lipinski definition) is 5. The molecule has 29 heavy (non-hydrogen) atoms. The summed E-state index contributed by atoms with van der Waals surface area (Å²) in [4.78, 5) is 20.3. The lowest BCUT2D eigenvalue weighted by atomic mass is 10.1. The molecule has 0 spiro atoms. The van der Waals surface area contributed by atoms with E-state index in [1.807, 2.05) is 31.2 Å². The summed E-state index contributed by atoms with van der Waals surface area (Å²) in [6.07, 6.45) is -3.41. The standard InChI is InChI=1S/C19H14F3N5O2/c1-11-4-6-12(7-5-11)10-23-17(28)16-25-18-24-13(14-3-2-8-29-14)9-15(19(20,21)22)27(18)26-16/h2-9H,10H2,1H3,(H,23,28). The Bertz CT molecular complexity index is 1170. The van der Waals surface area contributed by atoms with Crippen LogP contribution in [-0.2, 0) is 12.7 Å². The van der Waals surface area contributed by atoms with Crippen molar-refractivity contribution in [2.24, 2.45) is 0 Å². The van der Waals surface area contributed by atoms with Crippen LogP contribution in [0.25, 0.3) is 17.2 Å². The second kappa shape index (κ2) is 7.04. The van der Waals surface area contributed by atoms with Crippen molar-refractivity contribution in [3.8, 4) is 11.5 Å². The zero-order valence-corrected chi connectivity index (χ0v) is 15.1. The lowest BCUT2D eigenvalue weighted by Gasteiger charge is -2.09. The van der Waals surface area contributed by atoms with Gasteiger partial charge in [0, 0.05) is 6.54 Å². The molecule has 0 saturated carbocycles. The molecule has 1 aromatic carbocycles. The molecule has 0 saturated heterocycles. The van der Waals surface area contributed by atoms with Crippen LogP contribution in [0.5, 0.6) is 0 Å². The minimum atomic E-state index is -4.73. The number of alkyl halides is 3. The highest BCUT2D eigenvalue weighted by Gasteiger charge is 2.36. The molecule has 0 bridgehead atoms. The molecule has 0 atom stereocenters. The Hall–Kier alpha value is -3.69. The molecule has 0 radical (unpaired) electrons. The number of carbonyl (C=O) groups excluding carboxylic acids is 1. The van der Waals surface area contributed by atoms with Crippen molar-refractivity contribution in [2.75, 3.05) is 0 Å². The third-order valence-corrected chi connectivity index (χ3v) is 4.15. The molecule has 0 fully saturated rings. The third kappa shape index (κ3) is 3.82. The van der Waals surface area contributed by atoms with Gasteiger partial charge >= 0.3 is 6.18 Å². The van der Waals surface area contributed by atoms with Crippen LogP contribution in [0.3, 0.4) is 0 Å². The van der Waals surface area contributed by atoms with Crippen LogP contribution in [0, 0.1) is 6.92 Å². The predicted octanol–water partition coefficient (Wildman–Crippen LogP) is 3.64. The smallest absolute Gasteiger partial charge is 0.433 e. The highest BCUT2D eigenvalue weighted by Crippen LogP contribution is 2.31. The van der Waals surface area contributed by atoms with Crippen LogP contribution in [0.4, 0.5) is 13.2 Å². The summed E-state index contributed by atoms with van der Waals surface area (Å²) >= 11 is 0. The van der Waals surface area contributed by atoms with Gasteiger partial charge in [-0.3, -0.25) is 4.79 Å². The number of benzene rings is 1. The van der Waals surface area contributed by atoms with Gasteiger partial charge in [0.25, 0.3) is 11.7 Å². The Morgan fingerprint density at radius 3 is 2.59 bits per heavy atom. The summed E-state index contributed by atoms with van der Waals surface area (Å²) in [7, 11) is 0. The first-order valence-corrected chi connectivity index (χ1v) is 8.54. The molecule has 7 nitrogen and oxygen atoms in total. The molecule has 0 unspecified atom stereocenters. The molecule has 4 aromatic rings.